The summed E-state index contributed by atoms with van der Waals surface area (Å²) in [7, 11) is -3.56. The second kappa shape index (κ2) is 7.19. The van der Waals surface area contributed by atoms with E-state index in [9.17, 15) is 8.42 Å². The number of rotatable bonds is 5. The third-order valence-corrected chi connectivity index (χ3v) is 5.81. The summed E-state index contributed by atoms with van der Waals surface area (Å²) >= 11 is 9.40. The summed E-state index contributed by atoms with van der Waals surface area (Å²) in [6, 6.07) is 7.03. The Morgan fingerprint density at radius 1 is 1.20 bits per heavy atom. The molecule has 0 aliphatic heterocycles. The molecule has 0 saturated carbocycles. The Labute approximate surface area is 157 Å². The normalized spacial score (nSPS) is 11.6. The van der Waals surface area contributed by atoms with Crippen LogP contribution < -0.4 is 0 Å². The largest absolute Gasteiger partial charge is 0.414 e. The highest BCUT2D eigenvalue weighted by Gasteiger charge is 2.22. The molecule has 0 unspecified atom stereocenters. The van der Waals surface area contributed by atoms with E-state index in [4.69, 9.17) is 16.0 Å². The number of hydrogen-bond acceptors (Lipinski definition) is 7. The minimum absolute atomic E-state index is 0.0389. The van der Waals surface area contributed by atoms with Gasteiger partial charge < -0.3 is 4.42 Å². The summed E-state index contributed by atoms with van der Waals surface area (Å²) in [5.74, 6) is 0.240. The van der Waals surface area contributed by atoms with Crippen LogP contribution in [0.1, 0.15) is 13.3 Å². The van der Waals surface area contributed by atoms with Gasteiger partial charge in [0.25, 0.3) is 5.89 Å². The average molecular weight is 444 g/mol. The first kappa shape index (κ1) is 18.0. The Kier molecular flexibility index (Phi) is 5.16. The van der Waals surface area contributed by atoms with Gasteiger partial charge in [-0.1, -0.05) is 30.7 Å². The summed E-state index contributed by atoms with van der Waals surface area (Å²) < 4.78 is 30.4. The number of nitrogens with zero attached hydrogens (tertiary/aromatic N) is 4. The van der Waals surface area contributed by atoms with Gasteiger partial charge in [0.05, 0.1) is 20.8 Å². The molecular weight excluding hydrogens is 432 g/mol. The Balaban J connectivity index is 2.05. The number of halogens is 2. The molecule has 0 atom stereocenters. The second-order valence-corrected chi connectivity index (χ2v) is 8.32. The SMILES string of the molecule is CCCS(=O)(=O)c1ncc(Br)c(-c2nnc(-c3ccccc3Cl)o2)n1. The monoisotopic (exact) mass is 442 g/mol. The fraction of sp³-hybridized carbons (Fsp3) is 0.200. The highest BCUT2D eigenvalue weighted by atomic mass is 79.9. The fourth-order valence-electron chi connectivity index (χ4n) is 2.07. The molecule has 0 N–H and O–H groups in total. The van der Waals surface area contributed by atoms with E-state index in [1.807, 2.05) is 0 Å². The number of aromatic nitrogens is 4. The van der Waals surface area contributed by atoms with Crippen molar-refractivity contribution in [3.63, 3.8) is 0 Å². The first-order chi connectivity index (χ1) is 11.9. The smallest absolute Gasteiger partial charge is 0.267 e. The van der Waals surface area contributed by atoms with E-state index < -0.39 is 9.84 Å². The highest BCUT2D eigenvalue weighted by molar-refractivity contribution is 9.10. The number of sulfone groups is 1. The van der Waals surface area contributed by atoms with E-state index >= 15 is 0 Å². The van der Waals surface area contributed by atoms with Gasteiger partial charge in [-0.2, -0.15) is 0 Å². The van der Waals surface area contributed by atoms with Gasteiger partial charge in [-0.15, -0.1) is 10.2 Å². The van der Waals surface area contributed by atoms with Gasteiger partial charge >= 0.3 is 0 Å². The molecule has 1 aromatic carbocycles. The molecular formula is C15H12BrClN4O3S. The molecule has 0 fully saturated rings. The van der Waals surface area contributed by atoms with Crippen molar-refractivity contribution in [2.24, 2.45) is 0 Å². The van der Waals surface area contributed by atoms with Crippen LogP contribution in [-0.4, -0.2) is 34.3 Å². The Morgan fingerprint density at radius 3 is 2.64 bits per heavy atom. The quantitative estimate of drug-likeness (QED) is 0.553. The molecule has 7 nitrogen and oxygen atoms in total. The zero-order valence-corrected chi connectivity index (χ0v) is 16.1. The van der Waals surface area contributed by atoms with Crippen molar-refractivity contribution in [1.29, 1.82) is 0 Å². The topological polar surface area (TPSA) is 98.8 Å². The third kappa shape index (κ3) is 3.73. The van der Waals surface area contributed by atoms with Crippen molar-refractivity contribution in [3.05, 3.63) is 40.0 Å². The van der Waals surface area contributed by atoms with Crippen LogP contribution in [0.25, 0.3) is 23.0 Å². The molecule has 2 heterocycles. The lowest BCUT2D eigenvalue weighted by atomic mass is 10.2. The van der Waals surface area contributed by atoms with Crippen LogP contribution >= 0.6 is 27.5 Å². The van der Waals surface area contributed by atoms with Gasteiger partial charge in [0.15, 0.2) is 0 Å². The van der Waals surface area contributed by atoms with E-state index in [2.05, 4.69) is 36.1 Å². The van der Waals surface area contributed by atoms with Crippen molar-refractivity contribution >= 4 is 37.4 Å². The predicted octanol–water partition coefficient (Wildman–Crippen LogP) is 3.79. The maximum absolute atomic E-state index is 12.2. The molecule has 0 radical (unpaired) electrons. The van der Waals surface area contributed by atoms with Crippen LogP contribution in [0.2, 0.25) is 5.02 Å². The molecule has 0 saturated heterocycles. The fourth-order valence-corrected chi connectivity index (χ4v) is 3.81. The summed E-state index contributed by atoms with van der Waals surface area (Å²) in [5.41, 5.74) is 0.780. The minimum atomic E-state index is -3.56. The van der Waals surface area contributed by atoms with E-state index in [1.54, 1.807) is 31.2 Å². The van der Waals surface area contributed by atoms with Crippen molar-refractivity contribution in [1.82, 2.24) is 20.2 Å². The van der Waals surface area contributed by atoms with E-state index in [0.29, 0.717) is 21.5 Å². The second-order valence-electron chi connectivity index (χ2n) is 5.06. The van der Waals surface area contributed by atoms with Gasteiger partial charge in [-0.3, -0.25) is 0 Å². The Bertz CT molecular complexity index is 1020. The van der Waals surface area contributed by atoms with Crippen LogP contribution in [0.5, 0.6) is 0 Å². The standard InChI is InChI=1S/C15H12BrClN4O3S/c1-2-7-25(22,23)15-18-8-10(16)12(19-15)14-21-20-13(24-14)9-5-3-4-6-11(9)17/h3-6,8H,2,7H2,1H3. The lowest BCUT2D eigenvalue weighted by Gasteiger charge is -2.03. The van der Waals surface area contributed by atoms with Gasteiger partial charge in [0.2, 0.25) is 20.9 Å². The average Bonchev–Trinajstić information content (AvgIpc) is 3.05. The van der Waals surface area contributed by atoms with Crippen LogP contribution in [0.3, 0.4) is 0 Å². The van der Waals surface area contributed by atoms with Gasteiger partial charge in [0, 0.05) is 6.20 Å². The van der Waals surface area contributed by atoms with Crippen molar-refractivity contribution in [3.8, 4) is 23.0 Å². The van der Waals surface area contributed by atoms with Gasteiger partial charge in [0.1, 0.15) is 5.69 Å². The summed E-state index contributed by atoms with van der Waals surface area (Å²) in [4.78, 5) is 7.96. The van der Waals surface area contributed by atoms with Crippen molar-refractivity contribution in [2.45, 2.75) is 18.5 Å². The number of benzene rings is 1. The summed E-state index contributed by atoms with van der Waals surface area (Å²) in [6.07, 6.45) is 1.82. The first-order valence-electron chi connectivity index (χ1n) is 7.26. The molecule has 3 rings (SSSR count). The minimum Gasteiger partial charge on any atom is -0.414 e. The molecule has 0 bridgehead atoms. The molecule has 10 heteroatoms. The van der Waals surface area contributed by atoms with Gasteiger partial charge in [-0.05, 0) is 34.5 Å². The van der Waals surface area contributed by atoms with E-state index in [-0.39, 0.29) is 28.4 Å². The lowest BCUT2D eigenvalue weighted by molar-refractivity contribution is 0.575. The molecule has 3 aromatic rings. The molecule has 2 aromatic heterocycles. The third-order valence-electron chi connectivity index (χ3n) is 3.20. The van der Waals surface area contributed by atoms with Crippen LogP contribution in [0.15, 0.2) is 44.5 Å². The molecule has 130 valence electrons. The lowest BCUT2D eigenvalue weighted by Crippen LogP contribution is -2.11. The zero-order valence-electron chi connectivity index (χ0n) is 13.0. The highest BCUT2D eigenvalue weighted by Crippen LogP contribution is 2.31. The predicted molar refractivity (Wildman–Crippen MR) is 95.8 cm³/mol. The molecule has 0 aliphatic rings. The Hall–Kier alpha value is -1.84. The van der Waals surface area contributed by atoms with Crippen molar-refractivity contribution < 1.29 is 12.8 Å². The van der Waals surface area contributed by atoms with Crippen LogP contribution in [0, 0.1) is 0 Å². The zero-order chi connectivity index (χ0) is 18.0. The van der Waals surface area contributed by atoms with Crippen molar-refractivity contribution in [2.75, 3.05) is 5.75 Å². The molecule has 25 heavy (non-hydrogen) atoms. The Morgan fingerprint density at radius 2 is 1.92 bits per heavy atom. The van der Waals surface area contributed by atoms with Gasteiger partial charge in [-0.25, -0.2) is 18.4 Å². The van der Waals surface area contributed by atoms with E-state index in [0.717, 1.165) is 0 Å². The molecule has 0 amide bonds. The number of hydrogen-bond donors (Lipinski definition) is 0. The van der Waals surface area contributed by atoms with Crippen LogP contribution in [0.4, 0.5) is 0 Å². The summed E-state index contributed by atoms with van der Waals surface area (Å²) in [6.45, 7) is 1.77. The molecule has 0 aliphatic carbocycles. The van der Waals surface area contributed by atoms with Crippen LogP contribution in [-0.2, 0) is 9.84 Å². The van der Waals surface area contributed by atoms with E-state index in [1.165, 1.54) is 6.20 Å². The maximum atomic E-state index is 12.2. The maximum Gasteiger partial charge on any atom is 0.267 e. The molecule has 0 spiro atoms. The first-order valence-corrected chi connectivity index (χ1v) is 10.1. The summed E-state index contributed by atoms with van der Waals surface area (Å²) in [5, 5.41) is 8.10.